The van der Waals surface area contributed by atoms with E-state index in [0.29, 0.717) is 17.4 Å². The van der Waals surface area contributed by atoms with E-state index in [1.807, 2.05) is 24.3 Å². The monoisotopic (exact) mass is 433 g/mol. The number of hydrogen-bond acceptors (Lipinski definition) is 6. The fourth-order valence-corrected chi connectivity index (χ4v) is 4.58. The molecule has 0 bridgehead atoms. The zero-order chi connectivity index (χ0) is 21.9. The topological polar surface area (TPSA) is 55.7 Å². The van der Waals surface area contributed by atoms with E-state index in [0.717, 1.165) is 56.4 Å². The fourth-order valence-electron chi connectivity index (χ4n) is 4.58. The predicted molar refractivity (Wildman–Crippen MR) is 124 cm³/mol. The van der Waals surface area contributed by atoms with E-state index < -0.39 is 0 Å². The number of benzene rings is 1. The smallest absolute Gasteiger partial charge is 0.229 e. The predicted octanol–water partition coefficient (Wildman–Crippen LogP) is 4.16. The Morgan fingerprint density at radius 1 is 0.938 bits per heavy atom. The number of anilines is 1. The molecule has 1 fully saturated rings. The van der Waals surface area contributed by atoms with Gasteiger partial charge >= 0.3 is 0 Å². The summed E-state index contributed by atoms with van der Waals surface area (Å²) in [6.45, 7) is 4.65. The van der Waals surface area contributed by atoms with Gasteiger partial charge in [-0.15, -0.1) is 0 Å². The quantitative estimate of drug-likeness (QED) is 0.582. The number of piperidine rings is 1. The van der Waals surface area contributed by atoms with Gasteiger partial charge in [0.05, 0.1) is 18.4 Å². The molecule has 0 amide bonds. The molecule has 2 aliphatic rings. The minimum absolute atomic E-state index is 0.650. The second kappa shape index (κ2) is 9.20. The zero-order valence-electron chi connectivity index (χ0n) is 19.0. The maximum absolute atomic E-state index is 6.40. The number of rotatable bonds is 6. The lowest BCUT2D eigenvalue weighted by atomic mass is 10.1. The zero-order valence-corrected chi connectivity index (χ0v) is 19.0. The van der Waals surface area contributed by atoms with Crippen molar-refractivity contribution in [3.05, 3.63) is 59.5 Å². The van der Waals surface area contributed by atoms with Crippen LogP contribution in [0.15, 0.2) is 42.6 Å². The summed E-state index contributed by atoms with van der Waals surface area (Å²) in [5, 5.41) is 0. The van der Waals surface area contributed by atoms with Crippen LogP contribution in [0.2, 0.25) is 0 Å². The summed E-state index contributed by atoms with van der Waals surface area (Å²) in [5.41, 5.74) is 3.48. The lowest BCUT2D eigenvalue weighted by Gasteiger charge is -2.32. The number of methoxy groups -OCH3 is 1. The highest BCUT2D eigenvalue weighted by Gasteiger charge is 2.26. The van der Waals surface area contributed by atoms with Crippen molar-refractivity contribution in [3.63, 3.8) is 0 Å². The molecule has 32 heavy (non-hydrogen) atoms. The maximum Gasteiger partial charge on any atom is 0.229 e. The van der Waals surface area contributed by atoms with Gasteiger partial charge in [-0.3, -0.25) is 4.90 Å². The summed E-state index contributed by atoms with van der Waals surface area (Å²) in [7, 11) is 3.76. The molecule has 2 aromatic heterocycles. The van der Waals surface area contributed by atoms with Crippen LogP contribution in [0.25, 0.3) is 0 Å². The lowest BCUT2D eigenvalue weighted by Crippen LogP contribution is -2.34. The van der Waals surface area contributed by atoms with Crippen LogP contribution < -0.4 is 14.4 Å². The van der Waals surface area contributed by atoms with E-state index in [1.165, 1.54) is 25.0 Å². The molecular formula is C25H31N5O2. The number of ether oxygens (including phenoxy) is 2. The molecule has 1 saturated heterocycles. The average Bonchev–Trinajstić information content (AvgIpc) is 3.24. The third kappa shape index (κ3) is 4.30. The second-order valence-electron chi connectivity index (χ2n) is 8.63. The van der Waals surface area contributed by atoms with Crippen LogP contribution in [0.4, 0.5) is 5.95 Å². The van der Waals surface area contributed by atoms with Crippen molar-refractivity contribution in [3.8, 4) is 17.4 Å². The number of hydrogen-bond donors (Lipinski definition) is 0. The Labute approximate surface area is 189 Å². The largest absolute Gasteiger partial charge is 0.493 e. The van der Waals surface area contributed by atoms with Gasteiger partial charge in [-0.1, -0.05) is 12.1 Å². The minimum atomic E-state index is 0.650. The van der Waals surface area contributed by atoms with Crippen LogP contribution in [0, 0.1) is 0 Å². The molecule has 0 unspecified atom stereocenters. The summed E-state index contributed by atoms with van der Waals surface area (Å²) in [5.74, 6) is 2.83. The Balaban J connectivity index is 1.48. The second-order valence-corrected chi connectivity index (χ2v) is 8.63. The first kappa shape index (κ1) is 20.8. The molecule has 3 aromatic rings. The van der Waals surface area contributed by atoms with E-state index in [2.05, 4.69) is 39.7 Å². The Hall–Kier alpha value is -3.06. The standard InChI is InChI=1S/C25H31N5O2/c1-28-13-8-9-19(28)17-29-16-12-21-20(18-29)24(32-23-11-5-4-10-22(23)31-2)27-25(26-21)30-14-6-3-7-15-30/h4-5,8-11,13H,3,6-7,12,14-18H2,1-2H3. The highest BCUT2D eigenvalue weighted by atomic mass is 16.5. The molecule has 0 spiro atoms. The van der Waals surface area contributed by atoms with Crippen LogP contribution in [0.1, 0.15) is 36.2 Å². The number of fused-ring (bicyclic) bond motifs is 1. The van der Waals surface area contributed by atoms with Gasteiger partial charge in [0, 0.05) is 58.1 Å². The summed E-state index contributed by atoms with van der Waals surface area (Å²) >= 11 is 0. The first-order chi connectivity index (χ1) is 15.7. The van der Waals surface area contributed by atoms with Gasteiger partial charge in [-0.05, 0) is 43.5 Å². The molecule has 7 heteroatoms. The lowest BCUT2D eigenvalue weighted by molar-refractivity contribution is 0.233. The number of aryl methyl sites for hydroxylation is 1. The molecule has 0 saturated carbocycles. The number of nitrogens with zero attached hydrogens (tertiary/aromatic N) is 5. The number of aromatic nitrogens is 3. The van der Waals surface area contributed by atoms with Crippen LogP contribution in [-0.2, 0) is 26.6 Å². The summed E-state index contributed by atoms with van der Waals surface area (Å²) in [6, 6.07) is 12.0. The Bertz CT molecular complexity index is 1070. The van der Waals surface area contributed by atoms with Crippen molar-refractivity contribution in [1.82, 2.24) is 19.4 Å². The van der Waals surface area contributed by atoms with Crippen LogP contribution in [0.5, 0.6) is 17.4 Å². The fraction of sp³-hybridized carbons (Fsp3) is 0.440. The molecule has 1 aromatic carbocycles. The molecular weight excluding hydrogens is 402 g/mol. The third-order valence-corrected chi connectivity index (χ3v) is 6.44. The van der Waals surface area contributed by atoms with Gasteiger partial charge < -0.3 is 18.9 Å². The van der Waals surface area contributed by atoms with Crippen LogP contribution in [0.3, 0.4) is 0 Å². The van der Waals surface area contributed by atoms with Crippen molar-refractivity contribution in [2.45, 2.75) is 38.8 Å². The molecule has 0 N–H and O–H groups in total. The van der Waals surface area contributed by atoms with Gasteiger partial charge in [0.15, 0.2) is 11.5 Å². The molecule has 7 nitrogen and oxygen atoms in total. The number of para-hydroxylation sites is 2. The average molecular weight is 434 g/mol. The van der Waals surface area contributed by atoms with Gasteiger partial charge in [0.25, 0.3) is 0 Å². The Kier molecular flexibility index (Phi) is 5.99. The highest BCUT2D eigenvalue weighted by Crippen LogP contribution is 2.36. The van der Waals surface area contributed by atoms with Crippen LogP contribution >= 0.6 is 0 Å². The SMILES string of the molecule is COc1ccccc1Oc1nc(N2CCCCC2)nc2c1CN(Cc1cccn1C)CC2. The van der Waals surface area contributed by atoms with E-state index in [4.69, 9.17) is 19.4 Å². The highest BCUT2D eigenvalue weighted by molar-refractivity contribution is 5.47. The van der Waals surface area contributed by atoms with Crippen molar-refractivity contribution in [2.75, 3.05) is 31.6 Å². The summed E-state index contributed by atoms with van der Waals surface area (Å²) in [6.07, 6.45) is 6.64. The van der Waals surface area contributed by atoms with Crippen molar-refractivity contribution >= 4 is 5.95 Å². The molecule has 0 radical (unpaired) electrons. The first-order valence-electron chi connectivity index (χ1n) is 11.5. The first-order valence-corrected chi connectivity index (χ1v) is 11.5. The summed E-state index contributed by atoms with van der Waals surface area (Å²) < 4.78 is 14.1. The summed E-state index contributed by atoms with van der Waals surface area (Å²) in [4.78, 5) is 14.7. The molecule has 0 aliphatic carbocycles. The Morgan fingerprint density at radius 3 is 2.50 bits per heavy atom. The molecule has 0 atom stereocenters. The normalized spacial score (nSPS) is 16.6. The van der Waals surface area contributed by atoms with Crippen molar-refractivity contribution < 1.29 is 9.47 Å². The molecule has 168 valence electrons. The Morgan fingerprint density at radius 2 is 1.75 bits per heavy atom. The maximum atomic E-state index is 6.40. The van der Waals surface area contributed by atoms with Gasteiger partial charge in [0.2, 0.25) is 11.8 Å². The van der Waals surface area contributed by atoms with E-state index in [9.17, 15) is 0 Å². The molecule has 5 rings (SSSR count). The van der Waals surface area contributed by atoms with Gasteiger partial charge in [-0.2, -0.15) is 4.98 Å². The minimum Gasteiger partial charge on any atom is -0.493 e. The van der Waals surface area contributed by atoms with Crippen LogP contribution in [-0.4, -0.2) is 46.2 Å². The van der Waals surface area contributed by atoms with E-state index >= 15 is 0 Å². The van der Waals surface area contributed by atoms with Gasteiger partial charge in [0.1, 0.15) is 0 Å². The molecule has 2 aliphatic heterocycles. The van der Waals surface area contributed by atoms with Crippen molar-refractivity contribution in [1.29, 1.82) is 0 Å². The van der Waals surface area contributed by atoms with E-state index in [-0.39, 0.29) is 0 Å². The van der Waals surface area contributed by atoms with Gasteiger partial charge in [-0.25, -0.2) is 4.98 Å². The third-order valence-electron chi connectivity index (χ3n) is 6.44. The van der Waals surface area contributed by atoms with E-state index in [1.54, 1.807) is 7.11 Å². The molecule has 4 heterocycles. The van der Waals surface area contributed by atoms with Crippen molar-refractivity contribution in [2.24, 2.45) is 7.05 Å².